The van der Waals surface area contributed by atoms with E-state index in [9.17, 15) is 4.79 Å². The molecule has 0 fully saturated rings. The average molecular weight is 429 g/mol. The van der Waals surface area contributed by atoms with Crippen LogP contribution in [-0.4, -0.2) is 27.4 Å². The van der Waals surface area contributed by atoms with Gasteiger partial charge in [-0.05, 0) is 42.8 Å². The zero-order valence-corrected chi connectivity index (χ0v) is 18.0. The van der Waals surface area contributed by atoms with Crippen LogP contribution in [0.15, 0.2) is 72.9 Å². The summed E-state index contributed by atoms with van der Waals surface area (Å²) in [7, 11) is 1.64. The van der Waals surface area contributed by atoms with Crippen LogP contribution in [0.5, 0.6) is 5.75 Å². The first kappa shape index (κ1) is 19.3. The number of hydrogen-bond donors (Lipinski definition) is 0. The van der Waals surface area contributed by atoms with E-state index in [0.717, 1.165) is 27.2 Å². The molecule has 6 nitrogen and oxygen atoms in total. The molecule has 5 rings (SSSR count). The largest absolute Gasteiger partial charge is 0.497 e. The van der Waals surface area contributed by atoms with Crippen LogP contribution < -0.4 is 9.64 Å². The smallest absolute Gasteiger partial charge is 0.279 e. The number of methoxy groups -OCH3 is 1. The summed E-state index contributed by atoms with van der Waals surface area (Å²) in [6.45, 7) is 2.28. The lowest BCUT2D eigenvalue weighted by atomic mass is 10.2. The van der Waals surface area contributed by atoms with Crippen LogP contribution in [0.25, 0.3) is 15.9 Å². The third-order valence-corrected chi connectivity index (χ3v) is 6.19. The first-order valence-corrected chi connectivity index (χ1v) is 10.7. The normalized spacial score (nSPS) is 11.2. The minimum absolute atomic E-state index is 0.133. The van der Waals surface area contributed by atoms with Crippen LogP contribution in [0.4, 0.5) is 5.13 Å². The van der Waals surface area contributed by atoms with Crippen molar-refractivity contribution in [3.05, 3.63) is 89.9 Å². The Morgan fingerprint density at radius 2 is 1.87 bits per heavy atom. The fourth-order valence-electron chi connectivity index (χ4n) is 3.63. The highest BCUT2D eigenvalue weighted by molar-refractivity contribution is 7.22. The van der Waals surface area contributed by atoms with Crippen molar-refractivity contribution >= 4 is 38.2 Å². The maximum Gasteiger partial charge on any atom is 0.279 e. The molecule has 31 heavy (non-hydrogen) atoms. The molecule has 0 aliphatic heterocycles. The Morgan fingerprint density at radius 3 is 2.68 bits per heavy atom. The van der Waals surface area contributed by atoms with Crippen molar-refractivity contribution < 1.29 is 9.53 Å². The van der Waals surface area contributed by atoms with E-state index in [1.165, 1.54) is 11.3 Å². The number of rotatable bonds is 5. The molecule has 0 saturated carbocycles. The van der Waals surface area contributed by atoms with Crippen LogP contribution in [-0.2, 0) is 6.54 Å². The van der Waals surface area contributed by atoms with Crippen molar-refractivity contribution in [2.24, 2.45) is 0 Å². The third-order valence-electron chi connectivity index (χ3n) is 5.15. The second kappa shape index (κ2) is 7.85. The molecular formula is C24H20N4O2S. The van der Waals surface area contributed by atoms with Crippen LogP contribution in [0.2, 0.25) is 0 Å². The van der Waals surface area contributed by atoms with E-state index in [1.54, 1.807) is 12.0 Å². The van der Waals surface area contributed by atoms with Crippen molar-refractivity contribution in [3.8, 4) is 5.75 Å². The van der Waals surface area contributed by atoms with Gasteiger partial charge in [0.25, 0.3) is 5.91 Å². The van der Waals surface area contributed by atoms with E-state index in [1.807, 2.05) is 84.3 Å². The van der Waals surface area contributed by atoms with Crippen molar-refractivity contribution in [3.63, 3.8) is 0 Å². The summed E-state index contributed by atoms with van der Waals surface area (Å²) in [6.07, 6.45) is 1.87. The number of ether oxygens (including phenoxy) is 1. The first-order chi connectivity index (χ1) is 15.1. The minimum Gasteiger partial charge on any atom is -0.497 e. The molecule has 0 saturated heterocycles. The molecule has 3 heterocycles. The molecule has 1 amide bonds. The SMILES string of the molecule is COc1ccc2nc(N(Cc3ccccc3)C(=O)c3c(C)nc4ccccn34)sc2c1. The number of aromatic nitrogens is 3. The van der Waals surface area contributed by atoms with E-state index in [0.29, 0.717) is 23.1 Å². The van der Waals surface area contributed by atoms with Crippen LogP contribution in [0, 0.1) is 6.92 Å². The van der Waals surface area contributed by atoms with Gasteiger partial charge in [0.15, 0.2) is 5.13 Å². The highest BCUT2D eigenvalue weighted by Crippen LogP contribution is 2.33. The fourth-order valence-corrected chi connectivity index (χ4v) is 4.62. The number of hydrogen-bond acceptors (Lipinski definition) is 5. The number of fused-ring (bicyclic) bond motifs is 2. The Morgan fingerprint density at radius 1 is 1.06 bits per heavy atom. The van der Waals surface area contributed by atoms with Crippen LogP contribution >= 0.6 is 11.3 Å². The van der Waals surface area contributed by atoms with Gasteiger partial charge in [-0.2, -0.15) is 0 Å². The highest BCUT2D eigenvalue weighted by Gasteiger charge is 2.26. The number of aryl methyl sites for hydroxylation is 1. The molecule has 5 aromatic rings. The predicted molar refractivity (Wildman–Crippen MR) is 123 cm³/mol. The van der Waals surface area contributed by atoms with E-state index in [2.05, 4.69) is 4.98 Å². The quantitative estimate of drug-likeness (QED) is 0.390. The number of carbonyl (C=O) groups is 1. The Labute approximate surface area is 183 Å². The lowest BCUT2D eigenvalue weighted by Crippen LogP contribution is -2.31. The second-order valence-corrected chi connectivity index (χ2v) is 8.19. The number of benzene rings is 2. The first-order valence-electron chi connectivity index (χ1n) is 9.88. The summed E-state index contributed by atoms with van der Waals surface area (Å²) < 4.78 is 8.15. The standard InChI is InChI=1S/C24H20N4O2S/c1-16-22(27-13-7-6-10-21(27)25-16)23(29)28(15-17-8-4-3-5-9-17)24-26-19-12-11-18(30-2)14-20(19)31-24/h3-14H,15H2,1-2H3. The molecule has 0 atom stereocenters. The number of anilines is 1. The summed E-state index contributed by atoms with van der Waals surface area (Å²) in [5, 5.41) is 0.641. The van der Waals surface area contributed by atoms with Crippen molar-refractivity contribution in [2.45, 2.75) is 13.5 Å². The maximum atomic E-state index is 13.9. The maximum absolute atomic E-state index is 13.9. The third kappa shape index (κ3) is 3.53. The van der Waals surface area contributed by atoms with Crippen molar-refractivity contribution in [1.82, 2.24) is 14.4 Å². The predicted octanol–water partition coefficient (Wildman–Crippen LogP) is 5.11. The fraction of sp³-hybridized carbons (Fsp3) is 0.125. The monoisotopic (exact) mass is 428 g/mol. The van der Waals surface area contributed by atoms with Gasteiger partial charge in [-0.3, -0.25) is 14.1 Å². The molecule has 0 radical (unpaired) electrons. The Kier molecular flexibility index (Phi) is 4.88. The topological polar surface area (TPSA) is 59.7 Å². The van der Waals surface area contributed by atoms with Gasteiger partial charge < -0.3 is 4.74 Å². The molecule has 0 aliphatic carbocycles. The number of pyridine rings is 1. The number of nitrogens with zero attached hydrogens (tertiary/aromatic N) is 4. The zero-order valence-electron chi connectivity index (χ0n) is 17.1. The molecule has 154 valence electrons. The van der Waals surface area contributed by atoms with Gasteiger partial charge in [0, 0.05) is 6.20 Å². The molecule has 7 heteroatoms. The average Bonchev–Trinajstić information content (AvgIpc) is 3.37. The van der Waals surface area contributed by atoms with Crippen LogP contribution in [0.1, 0.15) is 21.7 Å². The van der Waals surface area contributed by atoms with Gasteiger partial charge in [0.1, 0.15) is 17.1 Å². The minimum atomic E-state index is -0.133. The number of amides is 1. The molecule has 0 N–H and O–H groups in total. The second-order valence-electron chi connectivity index (χ2n) is 7.18. The molecular weight excluding hydrogens is 408 g/mol. The molecule has 0 aliphatic rings. The Bertz CT molecular complexity index is 1390. The lowest BCUT2D eigenvalue weighted by Gasteiger charge is -2.20. The number of imidazole rings is 1. The molecule has 0 bridgehead atoms. The van der Waals surface area contributed by atoms with Gasteiger partial charge in [0.2, 0.25) is 0 Å². The van der Waals surface area contributed by atoms with E-state index in [4.69, 9.17) is 9.72 Å². The van der Waals surface area contributed by atoms with Crippen molar-refractivity contribution in [1.29, 1.82) is 0 Å². The molecule has 0 unspecified atom stereocenters. The van der Waals surface area contributed by atoms with Crippen LogP contribution in [0.3, 0.4) is 0 Å². The summed E-state index contributed by atoms with van der Waals surface area (Å²) in [5.41, 5.74) is 3.85. The highest BCUT2D eigenvalue weighted by atomic mass is 32.1. The summed E-state index contributed by atoms with van der Waals surface area (Å²) in [6, 6.07) is 21.4. The van der Waals surface area contributed by atoms with E-state index < -0.39 is 0 Å². The summed E-state index contributed by atoms with van der Waals surface area (Å²) in [4.78, 5) is 24.9. The number of carbonyl (C=O) groups excluding carboxylic acids is 1. The van der Waals surface area contributed by atoms with Gasteiger partial charge in [-0.25, -0.2) is 9.97 Å². The number of thiazole rings is 1. The van der Waals surface area contributed by atoms with Gasteiger partial charge in [-0.15, -0.1) is 0 Å². The molecule has 0 spiro atoms. The van der Waals surface area contributed by atoms with E-state index >= 15 is 0 Å². The molecule has 2 aromatic carbocycles. The van der Waals surface area contributed by atoms with Gasteiger partial charge >= 0.3 is 0 Å². The summed E-state index contributed by atoms with van der Waals surface area (Å²) >= 11 is 1.48. The Hall–Kier alpha value is -3.71. The Balaban J connectivity index is 1.63. The van der Waals surface area contributed by atoms with Gasteiger partial charge in [0.05, 0.1) is 29.6 Å². The van der Waals surface area contributed by atoms with Gasteiger partial charge in [-0.1, -0.05) is 47.7 Å². The zero-order chi connectivity index (χ0) is 21.4. The summed E-state index contributed by atoms with van der Waals surface area (Å²) in [5.74, 6) is 0.632. The lowest BCUT2D eigenvalue weighted by molar-refractivity contribution is 0.0979. The van der Waals surface area contributed by atoms with E-state index in [-0.39, 0.29) is 5.91 Å². The van der Waals surface area contributed by atoms with Crippen molar-refractivity contribution in [2.75, 3.05) is 12.0 Å². The molecule has 3 aromatic heterocycles.